The summed E-state index contributed by atoms with van der Waals surface area (Å²) in [6.45, 7) is 1.79. The van der Waals surface area contributed by atoms with Crippen LogP contribution >= 0.6 is 0 Å². The van der Waals surface area contributed by atoms with E-state index in [1.165, 1.54) is 7.05 Å². The molecular formula is C19H22N4O2S. The van der Waals surface area contributed by atoms with Crippen LogP contribution in [0.15, 0.2) is 53.4 Å². The van der Waals surface area contributed by atoms with Gasteiger partial charge in [0.15, 0.2) is 0 Å². The third-order valence-electron chi connectivity index (χ3n) is 4.98. The molecule has 0 spiro atoms. The number of benzene rings is 2. The highest BCUT2D eigenvalue weighted by molar-refractivity contribution is 7.89. The molecule has 2 aromatic carbocycles. The van der Waals surface area contributed by atoms with Crippen molar-refractivity contribution in [2.45, 2.75) is 30.3 Å². The minimum atomic E-state index is -3.39. The molecule has 1 unspecified atom stereocenters. The molecule has 0 bridgehead atoms. The van der Waals surface area contributed by atoms with E-state index in [-0.39, 0.29) is 6.04 Å². The quantitative estimate of drug-likeness (QED) is 0.724. The van der Waals surface area contributed by atoms with Gasteiger partial charge in [0.05, 0.1) is 22.0 Å². The second-order valence-electron chi connectivity index (χ2n) is 6.62. The molecule has 136 valence electrons. The molecule has 0 aliphatic carbocycles. The van der Waals surface area contributed by atoms with Crippen LogP contribution in [-0.2, 0) is 16.6 Å². The van der Waals surface area contributed by atoms with Crippen molar-refractivity contribution in [3.05, 3.63) is 59.9 Å². The van der Waals surface area contributed by atoms with Crippen LogP contribution in [0.5, 0.6) is 0 Å². The van der Waals surface area contributed by atoms with Gasteiger partial charge in [0.2, 0.25) is 10.0 Å². The van der Waals surface area contributed by atoms with Crippen molar-refractivity contribution in [2.24, 2.45) is 0 Å². The van der Waals surface area contributed by atoms with E-state index in [1.807, 2.05) is 36.4 Å². The van der Waals surface area contributed by atoms with Crippen molar-refractivity contribution in [3.63, 3.8) is 0 Å². The number of hydrogen-bond acceptors (Lipinski definition) is 4. The van der Waals surface area contributed by atoms with Gasteiger partial charge in [-0.05, 0) is 56.3 Å². The number of para-hydroxylation sites is 2. The van der Waals surface area contributed by atoms with Crippen molar-refractivity contribution in [1.29, 1.82) is 0 Å². The maximum absolute atomic E-state index is 11.8. The molecule has 0 radical (unpaired) electrons. The van der Waals surface area contributed by atoms with E-state index in [4.69, 9.17) is 4.98 Å². The first-order chi connectivity index (χ1) is 12.6. The average molecular weight is 370 g/mol. The number of likely N-dealkylation sites (tertiary alicyclic amines) is 1. The number of rotatable bonds is 5. The second kappa shape index (κ2) is 6.83. The smallest absolute Gasteiger partial charge is 0.240 e. The minimum Gasteiger partial charge on any atom is -0.341 e. The van der Waals surface area contributed by atoms with Gasteiger partial charge in [0.25, 0.3) is 0 Å². The summed E-state index contributed by atoms with van der Waals surface area (Å²) in [5, 5.41) is 0. The Labute approximate surface area is 153 Å². The molecule has 3 aromatic rings. The summed E-state index contributed by atoms with van der Waals surface area (Å²) in [6.07, 6.45) is 2.21. The van der Waals surface area contributed by atoms with E-state index in [0.29, 0.717) is 4.90 Å². The molecule has 1 aliphatic rings. The molecule has 0 amide bonds. The Balaban J connectivity index is 1.54. The highest BCUT2D eigenvalue weighted by Crippen LogP contribution is 2.32. The molecule has 4 rings (SSSR count). The fourth-order valence-corrected chi connectivity index (χ4v) is 4.31. The number of fused-ring (bicyclic) bond motifs is 1. The summed E-state index contributed by atoms with van der Waals surface area (Å²) < 4.78 is 26.0. The Morgan fingerprint density at radius 2 is 1.96 bits per heavy atom. The van der Waals surface area contributed by atoms with Gasteiger partial charge in [-0.1, -0.05) is 24.3 Å². The first-order valence-electron chi connectivity index (χ1n) is 8.78. The molecule has 1 atom stereocenters. The summed E-state index contributed by atoms with van der Waals surface area (Å²) >= 11 is 0. The molecular weight excluding hydrogens is 348 g/mol. The Hall–Kier alpha value is -2.22. The number of nitrogens with one attached hydrogen (secondary N) is 2. The summed E-state index contributed by atoms with van der Waals surface area (Å²) in [6, 6.07) is 15.4. The Kier molecular flexibility index (Phi) is 4.52. The first kappa shape index (κ1) is 17.2. The molecule has 0 saturated carbocycles. The standard InChI is InChI=1S/C19H22N4O2S/c1-20-26(24,25)15-10-8-14(9-11-15)13-23-12-4-7-18(23)19-21-16-5-2-3-6-17(16)22-19/h2-3,5-6,8-11,18,20H,4,7,12-13H2,1H3,(H,21,22). The van der Waals surface area contributed by atoms with Crippen LogP contribution in [0.1, 0.15) is 30.3 Å². The zero-order valence-electron chi connectivity index (χ0n) is 14.6. The number of H-pyrrole nitrogens is 1. The van der Waals surface area contributed by atoms with E-state index in [0.717, 1.165) is 48.4 Å². The zero-order valence-corrected chi connectivity index (χ0v) is 15.5. The van der Waals surface area contributed by atoms with E-state index >= 15 is 0 Å². The van der Waals surface area contributed by atoms with Gasteiger partial charge >= 0.3 is 0 Å². The predicted molar refractivity (Wildman–Crippen MR) is 101 cm³/mol. The first-order valence-corrected chi connectivity index (χ1v) is 10.3. The molecule has 1 fully saturated rings. The maximum atomic E-state index is 11.8. The van der Waals surface area contributed by atoms with Crippen molar-refractivity contribution < 1.29 is 8.42 Å². The maximum Gasteiger partial charge on any atom is 0.240 e. The molecule has 7 heteroatoms. The topological polar surface area (TPSA) is 78.1 Å². The van der Waals surface area contributed by atoms with E-state index in [1.54, 1.807) is 12.1 Å². The third-order valence-corrected chi connectivity index (χ3v) is 6.41. The van der Waals surface area contributed by atoms with Gasteiger partial charge in [0, 0.05) is 6.54 Å². The molecule has 1 aliphatic heterocycles. The number of hydrogen-bond donors (Lipinski definition) is 2. The van der Waals surface area contributed by atoms with Gasteiger partial charge in [-0.15, -0.1) is 0 Å². The third kappa shape index (κ3) is 3.25. The second-order valence-corrected chi connectivity index (χ2v) is 8.51. The summed E-state index contributed by atoms with van der Waals surface area (Å²) in [7, 11) is -1.97. The average Bonchev–Trinajstić information content (AvgIpc) is 3.28. The Morgan fingerprint density at radius 1 is 1.19 bits per heavy atom. The van der Waals surface area contributed by atoms with Crippen LogP contribution in [0, 0.1) is 0 Å². The molecule has 6 nitrogen and oxygen atoms in total. The number of sulfonamides is 1. The van der Waals surface area contributed by atoms with Crippen LogP contribution in [0.2, 0.25) is 0 Å². The lowest BCUT2D eigenvalue weighted by Gasteiger charge is -2.23. The Bertz CT molecular complexity index is 978. The molecule has 1 saturated heterocycles. The number of aromatic amines is 1. The largest absolute Gasteiger partial charge is 0.341 e. The molecule has 1 aromatic heterocycles. The predicted octanol–water partition coefficient (Wildman–Crippen LogP) is 2.81. The van der Waals surface area contributed by atoms with Crippen molar-refractivity contribution in [3.8, 4) is 0 Å². The van der Waals surface area contributed by atoms with Crippen LogP contribution in [0.4, 0.5) is 0 Å². The summed E-state index contributed by atoms with van der Waals surface area (Å²) in [5.74, 6) is 1.01. The van der Waals surface area contributed by atoms with Gasteiger partial charge < -0.3 is 4.98 Å². The Morgan fingerprint density at radius 3 is 2.69 bits per heavy atom. The fraction of sp³-hybridized carbons (Fsp3) is 0.316. The number of nitrogens with zero attached hydrogens (tertiary/aromatic N) is 2. The lowest BCUT2D eigenvalue weighted by molar-refractivity contribution is 0.241. The summed E-state index contributed by atoms with van der Waals surface area (Å²) in [5.41, 5.74) is 3.16. The molecule has 26 heavy (non-hydrogen) atoms. The van der Waals surface area contributed by atoms with Crippen LogP contribution in [0.25, 0.3) is 11.0 Å². The van der Waals surface area contributed by atoms with Crippen LogP contribution in [0.3, 0.4) is 0 Å². The highest BCUT2D eigenvalue weighted by Gasteiger charge is 2.28. The lowest BCUT2D eigenvalue weighted by Crippen LogP contribution is -2.23. The number of imidazole rings is 1. The van der Waals surface area contributed by atoms with Crippen molar-refractivity contribution in [1.82, 2.24) is 19.6 Å². The van der Waals surface area contributed by atoms with Crippen molar-refractivity contribution >= 4 is 21.1 Å². The molecule has 2 N–H and O–H groups in total. The van der Waals surface area contributed by atoms with E-state index in [2.05, 4.69) is 14.6 Å². The zero-order chi connectivity index (χ0) is 18.1. The van der Waals surface area contributed by atoms with Crippen molar-refractivity contribution in [2.75, 3.05) is 13.6 Å². The number of aromatic nitrogens is 2. The monoisotopic (exact) mass is 370 g/mol. The van der Waals surface area contributed by atoms with Gasteiger partial charge in [-0.25, -0.2) is 18.1 Å². The molecule has 2 heterocycles. The van der Waals surface area contributed by atoms with E-state index in [9.17, 15) is 8.42 Å². The fourth-order valence-electron chi connectivity index (χ4n) is 3.58. The minimum absolute atomic E-state index is 0.267. The van der Waals surface area contributed by atoms with Gasteiger partial charge in [-0.3, -0.25) is 4.90 Å². The van der Waals surface area contributed by atoms with Crippen LogP contribution in [-0.4, -0.2) is 36.9 Å². The van der Waals surface area contributed by atoms with Gasteiger partial charge in [-0.2, -0.15) is 0 Å². The highest BCUT2D eigenvalue weighted by atomic mass is 32.2. The van der Waals surface area contributed by atoms with E-state index < -0.39 is 10.0 Å². The SMILES string of the molecule is CNS(=O)(=O)c1ccc(CN2CCCC2c2nc3ccccc3[nH]2)cc1. The lowest BCUT2D eigenvalue weighted by atomic mass is 10.1. The summed E-state index contributed by atoms with van der Waals surface area (Å²) in [4.78, 5) is 10.9. The van der Waals surface area contributed by atoms with Crippen LogP contribution < -0.4 is 4.72 Å². The normalized spacial score (nSPS) is 18.6. The van der Waals surface area contributed by atoms with Gasteiger partial charge in [0.1, 0.15) is 5.82 Å².